The monoisotopic (exact) mass is 414 g/mol. The molecule has 1 heterocycles. The summed E-state index contributed by atoms with van der Waals surface area (Å²) in [6, 6.07) is 13.4. The van der Waals surface area contributed by atoms with Crippen LogP contribution in [0, 0.1) is 0 Å². The number of hydrogen-bond donors (Lipinski definition) is 2. The molecule has 0 aliphatic rings. The highest BCUT2D eigenvalue weighted by molar-refractivity contribution is 5.89. The van der Waals surface area contributed by atoms with Gasteiger partial charge in [0.15, 0.2) is 0 Å². The Bertz CT molecular complexity index is 971. The zero-order valence-corrected chi connectivity index (χ0v) is 16.8. The lowest BCUT2D eigenvalue weighted by atomic mass is 10.1. The number of halogens is 2. The lowest BCUT2D eigenvalue weighted by molar-refractivity contribution is -0.0498. The molecule has 30 heavy (non-hydrogen) atoms. The van der Waals surface area contributed by atoms with Gasteiger partial charge >= 0.3 is 12.6 Å². The Morgan fingerprint density at radius 1 is 1.13 bits per heavy atom. The number of rotatable bonds is 8. The van der Waals surface area contributed by atoms with Gasteiger partial charge in [0.2, 0.25) is 0 Å². The summed E-state index contributed by atoms with van der Waals surface area (Å²) >= 11 is 0. The minimum absolute atomic E-state index is 0.0773. The summed E-state index contributed by atoms with van der Waals surface area (Å²) in [7, 11) is 0. The lowest BCUT2D eigenvalue weighted by Gasteiger charge is -2.12. The molecule has 0 aliphatic carbocycles. The van der Waals surface area contributed by atoms with Gasteiger partial charge in [0.1, 0.15) is 11.6 Å². The number of alkyl halides is 2. The molecule has 0 unspecified atom stereocenters. The molecule has 3 aromatic rings. The molecule has 1 aromatic heterocycles. The summed E-state index contributed by atoms with van der Waals surface area (Å²) in [5.74, 6) is 1.41. The maximum Gasteiger partial charge on any atom is 0.387 e. The third-order valence-electron chi connectivity index (χ3n) is 4.40. The fourth-order valence-corrected chi connectivity index (χ4v) is 3.05. The maximum absolute atomic E-state index is 12.2. The van der Waals surface area contributed by atoms with E-state index < -0.39 is 6.61 Å². The molecule has 3 rings (SSSR count). The highest BCUT2D eigenvalue weighted by Gasteiger charge is 2.09. The Hall–Kier alpha value is -3.42. The third-order valence-corrected chi connectivity index (χ3v) is 4.40. The van der Waals surface area contributed by atoms with Gasteiger partial charge in [-0.1, -0.05) is 38.1 Å². The first-order chi connectivity index (χ1) is 14.4. The predicted molar refractivity (Wildman–Crippen MR) is 111 cm³/mol. The zero-order chi connectivity index (χ0) is 21.5. The van der Waals surface area contributed by atoms with Crippen molar-refractivity contribution in [3.05, 3.63) is 77.9 Å². The molecule has 2 N–H and O–H groups in total. The van der Waals surface area contributed by atoms with Gasteiger partial charge in [-0.2, -0.15) is 8.78 Å². The number of urea groups is 1. The molecule has 0 saturated heterocycles. The van der Waals surface area contributed by atoms with Crippen molar-refractivity contribution in [2.75, 3.05) is 5.32 Å². The number of imidazole rings is 1. The van der Waals surface area contributed by atoms with Crippen molar-refractivity contribution in [1.29, 1.82) is 0 Å². The van der Waals surface area contributed by atoms with Gasteiger partial charge in [0, 0.05) is 37.1 Å². The second kappa shape index (κ2) is 9.87. The quantitative estimate of drug-likeness (QED) is 0.546. The van der Waals surface area contributed by atoms with Crippen molar-refractivity contribution in [2.45, 2.75) is 39.5 Å². The number of nitrogens with one attached hydrogen (secondary N) is 2. The molecule has 0 bridgehead atoms. The highest BCUT2D eigenvalue weighted by Crippen LogP contribution is 2.17. The maximum atomic E-state index is 12.2. The van der Waals surface area contributed by atoms with Crippen LogP contribution in [0.25, 0.3) is 0 Å². The lowest BCUT2D eigenvalue weighted by Crippen LogP contribution is -2.28. The molecule has 0 saturated carbocycles. The Balaban J connectivity index is 1.54. The molecule has 2 amide bonds. The van der Waals surface area contributed by atoms with Gasteiger partial charge in [0.05, 0.1) is 0 Å². The van der Waals surface area contributed by atoms with Gasteiger partial charge in [-0.05, 0) is 35.4 Å². The van der Waals surface area contributed by atoms with Gasteiger partial charge < -0.3 is 19.9 Å². The van der Waals surface area contributed by atoms with E-state index in [2.05, 4.69) is 38.8 Å². The SMILES string of the molecule is CC(C)c1nccn1Cc1cccc(NC(=O)NCc2ccc(OC(F)F)cc2)c1. The second-order valence-electron chi connectivity index (χ2n) is 7.10. The van der Waals surface area contributed by atoms with Crippen LogP contribution in [0.5, 0.6) is 5.75 Å². The number of hydrogen-bond acceptors (Lipinski definition) is 3. The van der Waals surface area contributed by atoms with E-state index in [4.69, 9.17) is 0 Å². The van der Waals surface area contributed by atoms with Crippen LogP contribution < -0.4 is 15.4 Å². The van der Waals surface area contributed by atoms with Crippen molar-refractivity contribution >= 4 is 11.7 Å². The van der Waals surface area contributed by atoms with Crippen LogP contribution >= 0.6 is 0 Å². The van der Waals surface area contributed by atoms with Crippen LogP contribution in [0.3, 0.4) is 0 Å². The number of carbonyl (C=O) groups excluding carboxylic acids is 1. The Morgan fingerprint density at radius 2 is 1.90 bits per heavy atom. The van der Waals surface area contributed by atoms with E-state index in [1.165, 1.54) is 12.1 Å². The van der Waals surface area contributed by atoms with Crippen molar-refractivity contribution in [3.8, 4) is 5.75 Å². The summed E-state index contributed by atoms with van der Waals surface area (Å²) in [5, 5.41) is 5.55. The average Bonchev–Trinajstić information content (AvgIpc) is 3.16. The topological polar surface area (TPSA) is 68.2 Å². The molecule has 0 spiro atoms. The second-order valence-corrected chi connectivity index (χ2v) is 7.10. The molecule has 2 aromatic carbocycles. The molecular weight excluding hydrogens is 390 g/mol. The average molecular weight is 414 g/mol. The Kier molecular flexibility index (Phi) is 7.00. The molecule has 0 aliphatic heterocycles. The largest absolute Gasteiger partial charge is 0.435 e. The number of nitrogens with zero attached hydrogens (tertiary/aromatic N) is 2. The number of amides is 2. The predicted octanol–water partition coefficient (Wildman–Crippen LogP) is 4.98. The zero-order valence-electron chi connectivity index (χ0n) is 16.8. The molecule has 0 atom stereocenters. The van der Waals surface area contributed by atoms with Gasteiger partial charge in [-0.15, -0.1) is 0 Å². The number of carbonyl (C=O) groups is 1. The summed E-state index contributed by atoms with van der Waals surface area (Å²) in [6.45, 7) is 2.26. The summed E-state index contributed by atoms with van der Waals surface area (Å²) in [4.78, 5) is 16.6. The number of aromatic nitrogens is 2. The van der Waals surface area contributed by atoms with E-state index in [0.717, 1.165) is 17.0 Å². The van der Waals surface area contributed by atoms with Gasteiger partial charge in [-0.25, -0.2) is 9.78 Å². The van der Waals surface area contributed by atoms with Crippen LogP contribution in [0.4, 0.5) is 19.3 Å². The van der Waals surface area contributed by atoms with Crippen LogP contribution in [-0.4, -0.2) is 22.2 Å². The van der Waals surface area contributed by atoms with Crippen molar-refractivity contribution < 1.29 is 18.3 Å². The van der Waals surface area contributed by atoms with Gasteiger partial charge in [0.25, 0.3) is 0 Å². The molecule has 8 heteroatoms. The van der Waals surface area contributed by atoms with Crippen molar-refractivity contribution in [2.24, 2.45) is 0 Å². The van der Waals surface area contributed by atoms with Crippen molar-refractivity contribution in [1.82, 2.24) is 14.9 Å². The first-order valence-corrected chi connectivity index (χ1v) is 9.59. The van der Waals surface area contributed by atoms with E-state index in [1.807, 2.05) is 30.5 Å². The normalized spacial score (nSPS) is 11.0. The van der Waals surface area contributed by atoms with E-state index in [-0.39, 0.29) is 18.3 Å². The molecule has 0 fully saturated rings. The van der Waals surface area contributed by atoms with E-state index >= 15 is 0 Å². The smallest absolute Gasteiger partial charge is 0.387 e. The van der Waals surface area contributed by atoms with Crippen molar-refractivity contribution in [3.63, 3.8) is 0 Å². The van der Waals surface area contributed by atoms with E-state index in [9.17, 15) is 13.6 Å². The van der Waals surface area contributed by atoms with Crippen LogP contribution in [-0.2, 0) is 13.1 Å². The first-order valence-electron chi connectivity index (χ1n) is 9.59. The van der Waals surface area contributed by atoms with Gasteiger partial charge in [-0.3, -0.25) is 0 Å². The van der Waals surface area contributed by atoms with E-state index in [0.29, 0.717) is 18.2 Å². The standard InChI is InChI=1S/C22H24F2N4O2/c1-15(2)20-25-10-11-28(20)14-17-4-3-5-18(12-17)27-22(29)26-13-16-6-8-19(9-7-16)30-21(23)24/h3-12,15,21H,13-14H2,1-2H3,(H2,26,27,29). The Labute approximate surface area is 173 Å². The third kappa shape index (κ3) is 6.04. The first kappa shape index (κ1) is 21.3. The van der Waals surface area contributed by atoms with Crippen LogP contribution in [0.15, 0.2) is 60.9 Å². The Morgan fingerprint density at radius 3 is 2.60 bits per heavy atom. The minimum atomic E-state index is -2.86. The summed E-state index contributed by atoms with van der Waals surface area (Å²) < 4.78 is 30.8. The number of benzene rings is 2. The molecule has 0 radical (unpaired) electrons. The molecule has 6 nitrogen and oxygen atoms in total. The number of anilines is 1. The van der Waals surface area contributed by atoms with Crippen LogP contribution in [0.2, 0.25) is 0 Å². The highest BCUT2D eigenvalue weighted by atomic mass is 19.3. The number of ether oxygens (including phenoxy) is 1. The fraction of sp³-hybridized carbons (Fsp3) is 0.273. The minimum Gasteiger partial charge on any atom is -0.435 e. The van der Waals surface area contributed by atoms with E-state index in [1.54, 1.807) is 18.3 Å². The summed E-state index contributed by atoms with van der Waals surface area (Å²) in [5.41, 5.74) is 2.49. The molecular formula is C22H24F2N4O2. The fourth-order valence-electron chi connectivity index (χ4n) is 3.05. The molecule has 158 valence electrons. The van der Waals surface area contributed by atoms with Crippen LogP contribution in [0.1, 0.15) is 36.7 Å². The summed E-state index contributed by atoms with van der Waals surface area (Å²) in [6.07, 6.45) is 3.73.